The van der Waals surface area contributed by atoms with E-state index in [1.165, 1.54) is 18.2 Å². The van der Waals surface area contributed by atoms with Gasteiger partial charge in [0.15, 0.2) is 5.84 Å². The number of amidine groups is 1. The second-order valence-electron chi connectivity index (χ2n) is 4.32. The Hall–Kier alpha value is -1.06. The minimum atomic E-state index is -3.85. The highest BCUT2D eigenvalue weighted by Gasteiger charge is 2.33. The summed E-state index contributed by atoms with van der Waals surface area (Å²) in [5.74, 6) is -0.188. The lowest BCUT2D eigenvalue weighted by molar-refractivity contribution is 0.0355. The zero-order valence-corrected chi connectivity index (χ0v) is 13.1. The summed E-state index contributed by atoms with van der Waals surface area (Å²) in [6.07, 6.45) is -0.809. The van der Waals surface area contributed by atoms with E-state index >= 15 is 0 Å². The molecule has 1 unspecified atom stereocenters. The van der Waals surface area contributed by atoms with Crippen molar-refractivity contribution < 1.29 is 18.4 Å². The third-order valence-corrected chi connectivity index (χ3v) is 5.57. The van der Waals surface area contributed by atoms with Crippen molar-refractivity contribution in [2.75, 3.05) is 19.7 Å². The maximum Gasteiger partial charge on any atom is 0.244 e. The van der Waals surface area contributed by atoms with E-state index in [-0.39, 0.29) is 40.5 Å². The lowest BCUT2D eigenvalue weighted by atomic mass is 10.3. The maximum absolute atomic E-state index is 12.6. The molecule has 3 N–H and O–H groups in total. The fourth-order valence-corrected chi connectivity index (χ4v) is 4.06. The van der Waals surface area contributed by atoms with Gasteiger partial charge < -0.3 is 15.7 Å². The van der Waals surface area contributed by atoms with Gasteiger partial charge in [0.05, 0.1) is 11.6 Å². The van der Waals surface area contributed by atoms with E-state index < -0.39 is 16.1 Å². The van der Waals surface area contributed by atoms with E-state index in [4.69, 9.17) is 38.9 Å². The Morgan fingerprint density at radius 1 is 1.48 bits per heavy atom. The molecule has 0 spiro atoms. The van der Waals surface area contributed by atoms with Crippen LogP contribution < -0.4 is 5.73 Å². The van der Waals surface area contributed by atoms with Crippen LogP contribution in [0.25, 0.3) is 0 Å². The van der Waals surface area contributed by atoms with Crippen LogP contribution in [-0.2, 0) is 14.8 Å². The summed E-state index contributed by atoms with van der Waals surface area (Å²) in [7, 11) is -3.85. The van der Waals surface area contributed by atoms with E-state index in [9.17, 15) is 8.42 Å². The van der Waals surface area contributed by atoms with Crippen LogP contribution in [0.3, 0.4) is 0 Å². The molecule has 0 saturated carbocycles. The third kappa shape index (κ3) is 3.41. The summed E-state index contributed by atoms with van der Waals surface area (Å²) >= 11 is 11.8. The monoisotopic (exact) mass is 353 g/mol. The van der Waals surface area contributed by atoms with Crippen LogP contribution in [0.15, 0.2) is 28.3 Å². The second kappa shape index (κ2) is 6.37. The van der Waals surface area contributed by atoms with Crippen molar-refractivity contribution in [3.05, 3.63) is 28.2 Å². The molecule has 1 aromatic rings. The van der Waals surface area contributed by atoms with E-state index in [1.807, 2.05) is 0 Å². The molecule has 0 aliphatic carbocycles. The molecule has 1 aliphatic heterocycles. The van der Waals surface area contributed by atoms with Gasteiger partial charge >= 0.3 is 0 Å². The van der Waals surface area contributed by atoms with Crippen molar-refractivity contribution in [1.29, 1.82) is 0 Å². The second-order valence-corrected chi connectivity index (χ2v) is 7.07. The Bertz CT molecular complexity index is 665. The molecular weight excluding hydrogens is 341 g/mol. The van der Waals surface area contributed by atoms with Crippen LogP contribution in [0, 0.1) is 0 Å². The van der Waals surface area contributed by atoms with E-state index in [0.29, 0.717) is 0 Å². The lowest BCUT2D eigenvalue weighted by Gasteiger charge is -2.31. The summed E-state index contributed by atoms with van der Waals surface area (Å²) < 4.78 is 31.6. The predicted molar refractivity (Wildman–Crippen MR) is 78.4 cm³/mol. The minimum Gasteiger partial charge on any atom is -0.409 e. The fourth-order valence-electron chi connectivity index (χ4n) is 1.90. The molecule has 116 valence electrons. The number of hydrogen-bond acceptors (Lipinski definition) is 5. The van der Waals surface area contributed by atoms with Gasteiger partial charge in [0.1, 0.15) is 11.0 Å². The average molecular weight is 354 g/mol. The van der Waals surface area contributed by atoms with Gasteiger partial charge in [-0.05, 0) is 18.2 Å². The first-order chi connectivity index (χ1) is 9.86. The van der Waals surface area contributed by atoms with Gasteiger partial charge in [0.2, 0.25) is 10.0 Å². The SMILES string of the molecule is NC(=NO)C1CN(S(=O)(=O)c2cc(Cl)ccc2Cl)CCO1. The lowest BCUT2D eigenvalue weighted by Crippen LogP contribution is -2.50. The van der Waals surface area contributed by atoms with Gasteiger partial charge in [-0.25, -0.2) is 8.42 Å². The summed E-state index contributed by atoms with van der Waals surface area (Å²) in [4.78, 5) is -0.0863. The van der Waals surface area contributed by atoms with Gasteiger partial charge in [-0.15, -0.1) is 0 Å². The summed E-state index contributed by atoms with van der Waals surface area (Å²) in [5, 5.41) is 11.8. The molecule has 0 amide bonds. The van der Waals surface area contributed by atoms with Crippen LogP contribution >= 0.6 is 23.2 Å². The highest BCUT2D eigenvalue weighted by atomic mass is 35.5. The first kappa shape index (κ1) is 16.3. The Balaban J connectivity index is 2.33. The molecule has 1 aromatic carbocycles. The largest absolute Gasteiger partial charge is 0.409 e. The van der Waals surface area contributed by atoms with Crippen LogP contribution in [0.1, 0.15) is 0 Å². The smallest absolute Gasteiger partial charge is 0.244 e. The number of nitrogens with zero attached hydrogens (tertiary/aromatic N) is 2. The quantitative estimate of drug-likeness (QED) is 0.366. The van der Waals surface area contributed by atoms with Crippen LogP contribution in [-0.4, -0.2) is 49.6 Å². The van der Waals surface area contributed by atoms with Gasteiger partial charge in [0.25, 0.3) is 0 Å². The van der Waals surface area contributed by atoms with Crippen LogP contribution in [0.2, 0.25) is 10.0 Å². The molecule has 1 saturated heterocycles. The van der Waals surface area contributed by atoms with Crippen molar-refractivity contribution in [3.8, 4) is 0 Å². The highest BCUT2D eigenvalue weighted by molar-refractivity contribution is 7.89. The Labute approximate surface area is 131 Å². The Kier molecular flexibility index (Phi) is 4.95. The molecular formula is C11H13Cl2N3O4S. The number of halogens is 2. The molecule has 0 aromatic heterocycles. The molecule has 10 heteroatoms. The van der Waals surface area contributed by atoms with E-state index in [1.54, 1.807) is 0 Å². The van der Waals surface area contributed by atoms with Gasteiger partial charge in [-0.1, -0.05) is 28.4 Å². The van der Waals surface area contributed by atoms with Crippen LogP contribution in [0.4, 0.5) is 0 Å². The number of morpholine rings is 1. The molecule has 21 heavy (non-hydrogen) atoms. The number of hydrogen-bond donors (Lipinski definition) is 2. The van der Waals surface area contributed by atoms with E-state index in [0.717, 1.165) is 4.31 Å². The zero-order chi connectivity index (χ0) is 15.6. The average Bonchev–Trinajstić information content (AvgIpc) is 2.49. The number of nitrogens with two attached hydrogens (primary N) is 1. The summed E-state index contributed by atoms with van der Waals surface area (Å²) in [5.41, 5.74) is 5.45. The van der Waals surface area contributed by atoms with Gasteiger partial charge in [0, 0.05) is 18.1 Å². The summed E-state index contributed by atoms with van der Waals surface area (Å²) in [6, 6.07) is 4.20. The fraction of sp³-hybridized carbons (Fsp3) is 0.364. The molecule has 1 atom stereocenters. The Morgan fingerprint density at radius 3 is 2.86 bits per heavy atom. The topological polar surface area (TPSA) is 105 Å². The highest BCUT2D eigenvalue weighted by Crippen LogP contribution is 2.28. The molecule has 1 fully saturated rings. The maximum atomic E-state index is 12.6. The first-order valence-electron chi connectivity index (χ1n) is 5.90. The number of ether oxygens (including phenoxy) is 1. The normalized spacial score (nSPS) is 21.4. The number of rotatable bonds is 3. The molecule has 0 radical (unpaired) electrons. The third-order valence-electron chi connectivity index (χ3n) is 2.99. The molecule has 7 nitrogen and oxygen atoms in total. The van der Waals surface area contributed by atoms with Crippen molar-refractivity contribution in [2.24, 2.45) is 10.9 Å². The first-order valence-corrected chi connectivity index (χ1v) is 8.10. The number of oxime groups is 1. The summed E-state index contributed by atoms with van der Waals surface area (Å²) in [6.45, 7) is 0.194. The molecule has 1 heterocycles. The minimum absolute atomic E-state index is 0.0684. The van der Waals surface area contributed by atoms with Crippen molar-refractivity contribution >= 4 is 39.1 Å². The van der Waals surface area contributed by atoms with Crippen molar-refractivity contribution in [3.63, 3.8) is 0 Å². The van der Waals surface area contributed by atoms with Crippen molar-refractivity contribution in [1.82, 2.24) is 4.31 Å². The van der Waals surface area contributed by atoms with E-state index in [2.05, 4.69) is 5.16 Å². The van der Waals surface area contributed by atoms with Gasteiger partial charge in [-0.3, -0.25) is 0 Å². The standard InChI is InChI=1S/C11H13Cl2N3O4S/c12-7-1-2-8(13)10(5-7)21(18,19)16-3-4-20-9(6-16)11(14)15-17/h1-2,5,9,17H,3-4,6H2,(H2,14,15). The van der Waals surface area contributed by atoms with Crippen LogP contribution in [0.5, 0.6) is 0 Å². The predicted octanol–water partition coefficient (Wildman–Crippen LogP) is 1.13. The zero-order valence-electron chi connectivity index (χ0n) is 10.7. The Morgan fingerprint density at radius 2 is 2.19 bits per heavy atom. The number of benzene rings is 1. The molecule has 0 bridgehead atoms. The molecule has 1 aliphatic rings. The van der Waals surface area contributed by atoms with Crippen molar-refractivity contribution in [2.45, 2.75) is 11.0 Å². The number of sulfonamides is 1. The van der Waals surface area contributed by atoms with Gasteiger partial charge in [-0.2, -0.15) is 4.31 Å². The molecule has 2 rings (SSSR count).